The normalized spacial score (nSPS) is 54.2. The zero-order valence-electron chi connectivity index (χ0n) is 15.5. The zero-order valence-corrected chi connectivity index (χ0v) is 15.5. The van der Waals surface area contributed by atoms with E-state index in [0.29, 0.717) is 10.8 Å². The Bertz CT molecular complexity index is 569. The second kappa shape index (κ2) is 4.97. The van der Waals surface area contributed by atoms with Gasteiger partial charge in [-0.15, -0.1) is 0 Å². The van der Waals surface area contributed by atoms with Gasteiger partial charge in [0.25, 0.3) is 0 Å². The van der Waals surface area contributed by atoms with Crippen molar-refractivity contribution < 1.29 is 5.11 Å². The fourth-order valence-electron chi connectivity index (χ4n) is 7.13. The summed E-state index contributed by atoms with van der Waals surface area (Å²) >= 11 is 0. The zero-order chi connectivity index (χ0) is 16.5. The van der Waals surface area contributed by atoms with Gasteiger partial charge in [-0.3, -0.25) is 0 Å². The molecular weight excluding hydrogens is 280 g/mol. The van der Waals surface area contributed by atoms with Crippen molar-refractivity contribution in [3.63, 3.8) is 0 Å². The molecule has 0 aromatic heterocycles. The van der Waals surface area contributed by atoms with Crippen LogP contribution in [0, 0.1) is 28.6 Å². The van der Waals surface area contributed by atoms with Crippen molar-refractivity contribution >= 4 is 0 Å². The molecule has 4 aliphatic rings. The molecule has 1 N–H and O–H groups in total. The molecule has 6 atom stereocenters. The molecular formula is C22H34O. The summed E-state index contributed by atoms with van der Waals surface area (Å²) in [5.74, 6) is 2.63. The fourth-order valence-corrected chi connectivity index (χ4v) is 7.13. The highest BCUT2D eigenvalue weighted by molar-refractivity contribution is 5.29. The van der Waals surface area contributed by atoms with Crippen molar-refractivity contribution in [2.24, 2.45) is 28.6 Å². The van der Waals surface area contributed by atoms with E-state index in [1.807, 2.05) is 6.92 Å². The lowest BCUT2D eigenvalue weighted by Crippen LogP contribution is -2.51. The molecule has 3 fully saturated rings. The molecule has 1 nitrogen and oxygen atoms in total. The van der Waals surface area contributed by atoms with Crippen molar-refractivity contribution in [3.8, 4) is 0 Å². The van der Waals surface area contributed by atoms with Crippen LogP contribution in [0.3, 0.4) is 0 Å². The quantitative estimate of drug-likeness (QED) is 0.573. The molecule has 128 valence electrons. The fraction of sp³-hybridized carbons (Fsp3) is 0.818. The van der Waals surface area contributed by atoms with Crippen LogP contribution in [0.15, 0.2) is 23.3 Å². The average molecular weight is 315 g/mol. The van der Waals surface area contributed by atoms with Gasteiger partial charge < -0.3 is 5.11 Å². The molecule has 0 spiro atoms. The van der Waals surface area contributed by atoms with Crippen LogP contribution in [0.4, 0.5) is 0 Å². The topological polar surface area (TPSA) is 20.2 Å². The molecule has 0 heterocycles. The first kappa shape index (κ1) is 15.9. The third-order valence-corrected chi connectivity index (χ3v) is 8.58. The molecule has 0 unspecified atom stereocenters. The van der Waals surface area contributed by atoms with Gasteiger partial charge in [0.1, 0.15) is 0 Å². The summed E-state index contributed by atoms with van der Waals surface area (Å²) in [7, 11) is 0. The van der Waals surface area contributed by atoms with Crippen LogP contribution in [-0.4, -0.2) is 10.7 Å². The van der Waals surface area contributed by atoms with Gasteiger partial charge in [-0.2, -0.15) is 0 Å². The van der Waals surface area contributed by atoms with Gasteiger partial charge in [0, 0.05) is 0 Å². The van der Waals surface area contributed by atoms with Gasteiger partial charge in [-0.05, 0) is 93.8 Å². The molecule has 0 amide bonds. The Morgan fingerprint density at radius 3 is 2.52 bits per heavy atom. The minimum absolute atomic E-state index is 0.366. The molecule has 0 radical (unpaired) electrons. The van der Waals surface area contributed by atoms with E-state index in [1.165, 1.54) is 38.5 Å². The first-order chi connectivity index (χ1) is 10.8. The summed E-state index contributed by atoms with van der Waals surface area (Å²) in [6.45, 7) is 9.37. The third-order valence-electron chi connectivity index (χ3n) is 8.58. The molecule has 1 heteroatoms. The lowest BCUT2D eigenvalue weighted by atomic mass is 9.47. The molecule has 23 heavy (non-hydrogen) atoms. The van der Waals surface area contributed by atoms with E-state index in [2.05, 4.69) is 32.9 Å². The molecule has 4 aliphatic carbocycles. The largest absolute Gasteiger partial charge is 0.390 e. The van der Waals surface area contributed by atoms with Gasteiger partial charge >= 0.3 is 0 Å². The monoisotopic (exact) mass is 314 g/mol. The summed E-state index contributed by atoms with van der Waals surface area (Å²) in [5, 5.41) is 10.5. The Hall–Kier alpha value is -0.560. The standard InChI is InChI=1S/C22H34O/c1-5-15-7-9-18-17-8-6-16-14-20(2,23)12-13-22(16,4)19(17)10-11-21(15,18)3/h5-6,17-19,23H,7-14H2,1-4H3/b15-5-/t17-,18-,19-,20-,21+,22-/m0/s1. The Balaban J connectivity index is 1.68. The van der Waals surface area contributed by atoms with Gasteiger partial charge in [0.05, 0.1) is 5.60 Å². The number of fused-ring (bicyclic) bond motifs is 5. The van der Waals surface area contributed by atoms with E-state index < -0.39 is 5.60 Å². The molecule has 0 bridgehead atoms. The maximum atomic E-state index is 10.5. The van der Waals surface area contributed by atoms with Crippen molar-refractivity contribution in [3.05, 3.63) is 23.3 Å². The van der Waals surface area contributed by atoms with Crippen LogP contribution < -0.4 is 0 Å². The minimum atomic E-state index is -0.465. The smallest absolute Gasteiger partial charge is 0.0657 e. The maximum Gasteiger partial charge on any atom is 0.0657 e. The number of aliphatic hydroxyl groups is 1. The number of hydrogen-bond acceptors (Lipinski definition) is 1. The van der Waals surface area contributed by atoms with Crippen LogP contribution in [0.2, 0.25) is 0 Å². The van der Waals surface area contributed by atoms with E-state index in [9.17, 15) is 5.11 Å². The predicted molar refractivity (Wildman–Crippen MR) is 96.1 cm³/mol. The Kier molecular flexibility index (Phi) is 3.45. The Morgan fingerprint density at radius 2 is 1.78 bits per heavy atom. The SMILES string of the molecule is C/C=C1/CC[C@H]2[C@@H]3CC=C4C[C@@](C)(O)CC[C@]4(C)[C@H]3CC[C@]12C. The summed E-state index contributed by atoms with van der Waals surface area (Å²) in [4.78, 5) is 0. The van der Waals surface area contributed by atoms with Crippen molar-refractivity contribution in [1.82, 2.24) is 0 Å². The lowest BCUT2D eigenvalue weighted by molar-refractivity contribution is -0.0504. The average Bonchev–Trinajstić information content (AvgIpc) is 2.84. The predicted octanol–water partition coefficient (Wildman–Crippen LogP) is 5.65. The van der Waals surface area contributed by atoms with Crippen LogP contribution in [0.25, 0.3) is 0 Å². The highest BCUT2D eigenvalue weighted by Gasteiger charge is 2.57. The van der Waals surface area contributed by atoms with Gasteiger partial charge in [-0.1, -0.05) is 37.1 Å². The highest BCUT2D eigenvalue weighted by Crippen LogP contribution is 2.66. The van der Waals surface area contributed by atoms with Gasteiger partial charge in [0.2, 0.25) is 0 Å². The number of hydrogen-bond donors (Lipinski definition) is 1. The van der Waals surface area contributed by atoms with Gasteiger partial charge in [-0.25, -0.2) is 0 Å². The summed E-state index contributed by atoms with van der Waals surface area (Å²) in [6, 6.07) is 0. The molecule has 0 aromatic carbocycles. The summed E-state index contributed by atoms with van der Waals surface area (Å²) in [6.07, 6.45) is 14.8. The lowest BCUT2D eigenvalue weighted by Gasteiger charge is -2.58. The van der Waals surface area contributed by atoms with E-state index >= 15 is 0 Å². The molecule has 3 saturated carbocycles. The van der Waals surface area contributed by atoms with Crippen LogP contribution >= 0.6 is 0 Å². The summed E-state index contributed by atoms with van der Waals surface area (Å²) < 4.78 is 0. The molecule has 0 aliphatic heterocycles. The van der Waals surface area contributed by atoms with Crippen molar-refractivity contribution in [2.75, 3.05) is 0 Å². The first-order valence-electron chi connectivity index (χ1n) is 9.88. The van der Waals surface area contributed by atoms with E-state index in [-0.39, 0.29) is 0 Å². The summed E-state index contributed by atoms with van der Waals surface area (Å²) in [5.41, 5.74) is 3.71. The molecule has 4 rings (SSSR count). The second-order valence-corrected chi connectivity index (χ2v) is 9.74. The van der Waals surface area contributed by atoms with Crippen LogP contribution in [0.5, 0.6) is 0 Å². The Morgan fingerprint density at radius 1 is 1.04 bits per heavy atom. The van der Waals surface area contributed by atoms with Crippen LogP contribution in [-0.2, 0) is 0 Å². The van der Waals surface area contributed by atoms with Crippen LogP contribution in [0.1, 0.15) is 79.1 Å². The Labute approximate surface area is 142 Å². The van der Waals surface area contributed by atoms with E-state index in [4.69, 9.17) is 0 Å². The first-order valence-corrected chi connectivity index (χ1v) is 9.88. The number of allylic oxidation sites excluding steroid dienone is 3. The van der Waals surface area contributed by atoms with Crippen molar-refractivity contribution in [2.45, 2.75) is 84.7 Å². The second-order valence-electron chi connectivity index (χ2n) is 9.74. The van der Waals surface area contributed by atoms with E-state index in [1.54, 1.807) is 11.1 Å². The van der Waals surface area contributed by atoms with Crippen molar-refractivity contribution in [1.29, 1.82) is 0 Å². The van der Waals surface area contributed by atoms with E-state index in [0.717, 1.165) is 30.6 Å². The molecule has 0 saturated heterocycles. The maximum absolute atomic E-state index is 10.5. The number of rotatable bonds is 0. The molecule has 0 aromatic rings. The third kappa shape index (κ3) is 2.15. The minimum Gasteiger partial charge on any atom is -0.390 e. The highest BCUT2D eigenvalue weighted by atomic mass is 16.3. The van der Waals surface area contributed by atoms with Gasteiger partial charge in [0.15, 0.2) is 0 Å².